The lowest BCUT2D eigenvalue weighted by atomic mass is 9.33. The minimum atomic E-state index is -2.34. The van der Waals surface area contributed by atoms with Crippen molar-refractivity contribution in [2.75, 3.05) is 13.2 Å². The van der Waals surface area contributed by atoms with E-state index in [1.54, 1.807) is 99.6 Å². The van der Waals surface area contributed by atoms with Crippen LogP contribution in [0.15, 0.2) is 114 Å². The third-order valence-corrected chi connectivity index (χ3v) is 27.5. The minimum absolute atomic E-state index is 0.0855. The lowest BCUT2D eigenvalue weighted by Gasteiger charge is -2.70. The van der Waals surface area contributed by atoms with Crippen molar-refractivity contribution in [1.82, 2.24) is 5.32 Å². The molecular weight excluding hydrogens is 1270 g/mol. The van der Waals surface area contributed by atoms with Crippen molar-refractivity contribution in [1.29, 1.82) is 0 Å². The van der Waals surface area contributed by atoms with Gasteiger partial charge in [0.05, 0.1) is 53.8 Å². The van der Waals surface area contributed by atoms with E-state index in [0.717, 1.165) is 44.6 Å². The van der Waals surface area contributed by atoms with E-state index >= 15 is 19.2 Å². The number of rotatable bonds is 16. The summed E-state index contributed by atoms with van der Waals surface area (Å²) in [6.45, 7) is 24.9. The van der Waals surface area contributed by atoms with Crippen LogP contribution in [0.4, 0.5) is 0 Å². The molecular formula is C81H101NO18. The van der Waals surface area contributed by atoms with E-state index in [1.807, 2.05) is 13.0 Å². The second-order valence-corrected chi connectivity index (χ2v) is 33.6. The molecule has 3 aromatic rings. The molecule has 1 amide bonds. The van der Waals surface area contributed by atoms with Crippen LogP contribution in [0.1, 0.15) is 206 Å². The molecule has 538 valence electrons. The van der Waals surface area contributed by atoms with Crippen LogP contribution in [0, 0.1) is 67.0 Å². The number of aliphatic hydroxyl groups excluding tert-OH is 1. The topological polar surface area (TPSA) is 271 Å². The summed E-state index contributed by atoms with van der Waals surface area (Å²) < 4.78 is 44.5. The van der Waals surface area contributed by atoms with Gasteiger partial charge in [-0.05, 0) is 159 Å². The van der Waals surface area contributed by atoms with Gasteiger partial charge in [0.2, 0.25) is 0 Å². The summed E-state index contributed by atoms with van der Waals surface area (Å²) in [4.78, 5) is 132. The number of aliphatic hydroxyl groups is 2. The van der Waals surface area contributed by atoms with Gasteiger partial charge in [0.1, 0.15) is 23.9 Å². The normalized spacial score (nSPS) is 38.7. The molecule has 1 heterocycles. The molecule has 1 saturated heterocycles. The number of carbonyl (C=O) groups excluding carboxylic acids is 9. The van der Waals surface area contributed by atoms with Gasteiger partial charge in [0, 0.05) is 62.3 Å². The van der Waals surface area contributed by atoms with Crippen LogP contribution in [0.2, 0.25) is 0 Å². The Morgan fingerprint density at radius 1 is 0.710 bits per heavy atom. The molecule has 0 aromatic heterocycles. The monoisotopic (exact) mass is 1380 g/mol. The number of benzene rings is 3. The maximum atomic E-state index is 16.0. The molecule has 0 spiro atoms. The van der Waals surface area contributed by atoms with E-state index in [1.165, 1.54) is 32.9 Å². The Balaban J connectivity index is 0.889. The number of fused-ring (bicyclic) bond motifs is 12. The fraction of sp³-hybridized carbons (Fsp3) is 0.617. The first-order valence-corrected chi connectivity index (χ1v) is 36.0. The highest BCUT2D eigenvalue weighted by Gasteiger charge is 2.79. The molecule has 6 saturated carbocycles. The Kier molecular flexibility index (Phi) is 18.6. The maximum Gasteiger partial charge on any atom is 0.338 e. The third-order valence-electron chi connectivity index (χ3n) is 27.5. The fourth-order valence-electron chi connectivity index (χ4n) is 21.7. The van der Waals surface area contributed by atoms with Crippen LogP contribution in [0.25, 0.3) is 0 Å². The van der Waals surface area contributed by atoms with Crippen molar-refractivity contribution >= 4 is 53.1 Å². The van der Waals surface area contributed by atoms with Crippen molar-refractivity contribution in [2.45, 2.75) is 234 Å². The first kappa shape index (κ1) is 72.6. The van der Waals surface area contributed by atoms with Crippen molar-refractivity contribution in [3.05, 3.63) is 130 Å². The average Bonchev–Trinajstić information content (AvgIpc) is 0.677. The van der Waals surface area contributed by atoms with E-state index in [2.05, 4.69) is 46.9 Å². The van der Waals surface area contributed by atoms with Crippen LogP contribution in [-0.4, -0.2) is 130 Å². The van der Waals surface area contributed by atoms with Gasteiger partial charge in [-0.2, -0.15) is 0 Å². The summed E-state index contributed by atoms with van der Waals surface area (Å²) in [5.41, 5.74) is -8.54. The fourth-order valence-corrected chi connectivity index (χ4v) is 21.7. The van der Waals surface area contributed by atoms with Crippen LogP contribution in [0.3, 0.4) is 0 Å². The van der Waals surface area contributed by atoms with Gasteiger partial charge < -0.3 is 48.7 Å². The molecule has 19 heteroatoms. The van der Waals surface area contributed by atoms with Crippen molar-refractivity contribution in [3.63, 3.8) is 0 Å². The first-order valence-electron chi connectivity index (χ1n) is 36.0. The molecule has 12 rings (SSSR count). The quantitative estimate of drug-likeness (QED) is 0.0683. The molecule has 2 bridgehead atoms. The standard InChI is InChI=1S/C81H101NO18/c1-45-56(43-81(93)68(99-70(91)51-28-22-17-23-29-51)66-79(14,58(88)41-60-80(66,44-95-60)100-48(4)85)67(89)64(97-47(3)84)61(45)73(81,7)8)94-39-32-54(86)63(62(49-24-18-15-19-25-49)82-69(90)50-26-20-16-21-27-50)98-71(92)75(10)36-35-74(9)37-38-77(12)52(53(74)42-75)40-55(87)65-76(11)33-31-59(96-46(2)83)72(5,6)57(76)30-34-78(65,77)13/h15-29,40,53,56-60,62-66,68,88,93H,30-39,41-44H2,1-14H3,(H,82,90)/t53-,56-,57-,58-,59-,60?,62?,63?,64+,65+,66?,68-,74+,75-,76-,77+,78+,79+,80-,81?/m0/s1. The highest BCUT2D eigenvalue weighted by atomic mass is 16.6. The van der Waals surface area contributed by atoms with Gasteiger partial charge in [-0.1, -0.05) is 128 Å². The summed E-state index contributed by atoms with van der Waals surface area (Å²) in [5, 5.41) is 29.7. The summed E-state index contributed by atoms with van der Waals surface area (Å²) in [7, 11) is 0. The molecule has 9 aliphatic rings. The van der Waals surface area contributed by atoms with E-state index in [4.69, 9.17) is 33.2 Å². The second-order valence-electron chi connectivity index (χ2n) is 33.6. The van der Waals surface area contributed by atoms with Gasteiger partial charge in [-0.15, -0.1) is 0 Å². The van der Waals surface area contributed by atoms with Gasteiger partial charge in [0.15, 0.2) is 35.2 Å². The molecule has 3 aromatic carbocycles. The zero-order valence-electron chi connectivity index (χ0n) is 60.5. The zero-order chi connectivity index (χ0) is 72.5. The number of Topliss-reactive ketones (excluding diaryl/α,β-unsaturated/α-hetero) is 2. The van der Waals surface area contributed by atoms with E-state index in [0.29, 0.717) is 36.8 Å². The largest absolute Gasteiger partial charge is 0.462 e. The molecule has 100 heavy (non-hydrogen) atoms. The number of hydrogen-bond acceptors (Lipinski definition) is 18. The second kappa shape index (κ2) is 25.6. The number of nitrogens with one attached hydrogen (secondary N) is 1. The maximum absolute atomic E-state index is 16.0. The van der Waals surface area contributed by atoms with E-state index in [-0.39, 0.29) is 81.6 Å². The smallest absolute Gasteiger partial charge is 0.338 e. The lowest BCUT2D eigenvalue weighted by Crippen LogP contribution is -2.82. The van der Waals surface area contributed by atoms with Gasteiger partial charge >= 0.3 is 29.8 Å². The average molecular weight is 1380 g/mol. The van der Waals surface area contributed by atoms with Crippen molar-refractivity contribution in [2.24, 2.45) is 67.0 Å². The van der Waals surface area contributed by atoms with Gasteiger partial charge in [0.25, 0.3) is 5.91 Å². The Bertz CT molecular complexity index is 3860. The summed E-state index contributed by atoms with van der Waals surface area (Å²) >= 11 is 0. The Morgan fingerprint density at radius 3 is 1.94 bits per heavy atom. The highest BCUT2D eigenvalue weighted by molar-refractivity contribution is 5.98. The summed E-state index contributed by atoms with van der Waals surface area (Å²) in [6.07, 6.45) is -2.28. The first-order chi connectivity index (χ1) is 46.9. The number of hydrogen-bond donors (Lipinski definition) is 3. The van der Waals surface area contributed by atoms with Gasteiger partial charge in [-0.3, -0.25) is 38.4 Å². The highest BCUT2D eigenvalue weighted by Crippen LogP contribution is 2.76. The Hall–Kier alpha value is -7.19. The number of amides is 1. The zero-order valence-corrected chi connectivity index (χ0v) is 60.5. The number of carbonyl (C=O) groups is 9. The van der Waals surface area contributed by atoms with Crippen LogP contribution < -0.4 is 5.32 Å². The van der Waals surface area contributed by atoms with E-state index in [9.17, 15) is 34.2 Å². The van der Waals surface area contributed by atoms with Gasteiger partial charge in [-0.25, -0.2) is 4.79 Å². The Morgan fingerprint density at radius 2 is 1.33 bits per heavy atom. The number of allylic oxidation sites excluding steroid dienone is 2. The number of esters is 5. The molecule has 0 radical (unpaired) electrons. The van der Waals surface area contributed by atoms with Crippen LogP contribution in [0.5, 0.6) is 0 Å². The molecule has 19 nitrogen and oxygen atoms in total. The molecule has 7 fully saturated rings. The predicted molar refractivity (Wildman–Crippen MR) is 366 cm³/mol. The molecule has 3 N–H and O–H groups in total. The lowest BCUT2D eigenvalue weighted by molar-refractivity contribution is -0.346. The number of ketones is 3. The van der Waals surface area contributed by atoms with Crippen molar-refractivity contribution in [3.8, 4) is 0 Å². The molecule has 20 atom stereocenters. The third kappa shape index (κ3) is 11.4. The predicted octanol–water partition coefficient (Wildman–Crippen LogP) is 11.6. The SMILES string of the molecule is CC(=O)O[C@H]1C(=O)[C@@]2(C)C([C@H](OC(=O)c3ccccc3)C3(O)C[C@H](OCCC(=O)C(OC(=O)[C@@]4(C)CC[C@]5(C)CC[C@]6(C)C(=CC(=O)[C@@H]7[C@@]8(C)CC[C@H](OC(C)=O)C(C)(C)[C@@H]8CC[C@]76C)[C@@H]5C4)C(NC(=O)c4ccccc4)c4ccccc4)C(C)=C1C3(C)C)[C@]1(OC(C)=O)COC1C[C@@H]2O. The summed E-state index contributed by atoms with van der Waals surface area (Å²) in [6, 6.07) is 24.0. The minimum Gasteiger partial charge on any atom is -0.462 e. The molecule has 1 aliphatic heterocycles. The van der Waals surface area contributed by atoms with E-state index < -0.39 is 148 Å². The summed E-state index contributed by atoms with van der Waals surface area (Å²) in [5.74, 6) is -7.30. The molecule has 8 aliphatic carbocycles. The van der Waals surface area contributed by atoms with Crippen molar-refractivity contribution < 1.29 is 86.5 Å². The molecule has 5 unspecified atom stereocenters. The number of ether oxygens (including phenoxy) is 7. The Labute approximate surface area is 586 Å². The van der Waals surface area contributed by atoms with Crippen LogP contribution >= 0.6 is 0 Å². The van der Waals surface area contributed by atoms with Crippen LogP contribution in [-0.2, 0) is 66.7 Å².